The monoisotopic (exact) mass is 538 g/mol. The molecule has 1 aromatic carbocycles. The summed E-state index contributed by atoms with van der Waals surface area (Å²) in [7, 11) is 3.37. The minimum absolute atomic E-state index is 0.188. The van der Waals surface area contributed by atoms with Crippen LogP contribution in [0.25, 0.3) is 16.9 Å². The number of benzene rings is 1. The second kappa shape index (κ2) is 12.6. The summed E-state index contributed by atoms with van der Waals surface area (Å²) >= 11 is 0. The van der Waals surface area contributed by atoms with Crippen molar-refractivity contribution in [1.82, 2.24) is 19.6 Å². The molecule has 1 aliphatic rings. The Bertz CT molecular complexity index is 1600. The molecular formula is C32H38N6O2. The third kappa shape index (κ3) is 5.76. The first kappa shape index (κ1) is 28.5. The lowest BCUT2D eigenvalue weighted by atomic mass is 9.77. The molecule has 1 aliphatic carbocycles. The summed E-state index contributed by atoms with van der Waals surface area (Å²) in [5, 5.41) is 6.64. The highest BCUT2D eigenvalue weighted by Crippen LogP contribution is 2.37. The fourth-order valence-electron chi connectivity index (χ4n) is 4.55. The Labute approximate surface area is 235 Å². The summed E-state index contributed by atoms with van der Waals surface area (Å²) < 4.78 is 6.91. The molecule has 2 N–H and O–H groups in total. The lowest BCUT2D eigenvalue weighted by Gasteiger charge is -2.29. The van der Waals surface area contributed by atoms with Gasteiger partial charge in [-0.15, -0.1) is 0 Å². The third-order valence-electron chi connectivity index (χ3n) is 7.10. The van der Waals surface area contributed by atoms with E-state index in [9.17, 15) is 4.79 Å². The average Bonchev–Trinajstić information content (AvgIpc) is 3.38. The molecular weight excluding hydrogens is 500 g/mol. The predicted molar refractivity (Wildman–Crippen MR) is 164 cm³/mol. The first-order valence-electron chi connectivity index (χ1n) is 13.7. The molecule has 4 aromatic rings. The Morgan fingerprint density at radius 3 is 2.45 bits per heavy atom. The Hall–Kier alpha value is -4.46. The Morgan fingerprint density at radius 1 is 1.15 bits per heavy atom. The number of aromatic amines is 1. The van der Waals surface area contributed by atoms with Crippen LogP contribution in [0.15, 0.2) is 88.5 Å². The summed E-state index contributed by atoms with van der Waals surface area (Å²) in [5.74, 6) is 1.83. The molecule has 8 heteroatoms. The fraction of sp³-hybridized carbons (Fsp3) is 0.312. The quantitative estimate of drug-likeness (QED) is 0.252. The average molecular weight is 539 g/mol. The molecule has 3 heterocycles. The number of nitrogens with zero attached hydrogens (tertiary/aromatic N) is 4. The van der Waals surface area contributed by atoms with Crippen LogP contribution in [-0.2, 0) is 10.2 Å². The number of aromatic nitrogens is 4. The molecule has 0 amide bonds. The summed E-state index contributed by atoms with van der Waals surface area (Å²) in [5.41, 5.74) is 3.51. The largest absolute Gasteiger partial charge is 0.497 e. The van der Waals surface area contributed by atoms with Crippen LogP contribution >= 0.6 is 0 Å². The van der Waals surface area contributed by atoms with E-state index in [4.69, 9.17) is 9.72 Å². The van der Waals surface area contributed by atoms with Crippen molar-refractivity contribution in [2.45, 2.75) is 52.4 Å². The highest BCUT2D eigenvalue weighted by molar-refractivity contribution is 6.08. The van der Waals surface area contributed by atoms with E-state index < -0.39 is 5.41 Å². The molecule has 0 radical (unpaired) electrons. The van der Waals surface area contributed by atoms with Crippen molar-refractivity contribution in [3.63, 3.8) is 0 Å². The number of pyridine rings is 1. The first-order valence-corrected chi connectivity index (χ1v) is 13.7. The molecule has 3 aromatic heterocycles. The molecule has 0 bridgehead atoms. The van der Waals surface area contributed by atoms with Gasteiger partial charge >= 0.3 is 0 Å². The molecule has 208 valence electrons. The summed E-state index contributed by atoms with van der Waals surface area (Å²) in [6.07, 6.45) is 10.8. The van der Waals surface area contributed by atoms with E-state index in [0.29, 0.717) is 29.3 Å². The number of rotatable bonds is 7. The normalized spacial score (nSPS) is 16.8. The maximum Gasteiger partial charge on any atom is 0.278 e. The zero-order valence-corrected chi connectivity index (χ0v) is 24.2. The number of unbranched alkanes of at least 4 members (excludes halogenated alkanes) is 1. The van der Waals surface area contributed by atoms with Crippen LogP contribution in [0.1, 0.15) is 58.1 Å². The molecule has 5 rings (SSSR count). The van der Waals surface area contributed by atoms with Crippen LogP contribution in [0.5, 0.6) is 0 Å². The van der Waals surface area contributed by atoms with Gasteiger partial charge in [0.25, 0.3) is 5.56 Å². The third-order valence-corrected chi connectivity index (χ3v) is 7.10. The van der Waals surface area contributed by atoms with Gasteiger partial charge in [-0.05, 0) is 37.6 Å². The zero-order valence-electron chi connectivity index (χ0n) is 24.2. The molecule has 40 heavy (non-hydrogen) atoms. The zero-order chi connectivity index (χ0) is 28.7. The van der Waals surface area contributed by atoms with Gasteiger partial charge in [-0.25, -0.2) is 9.97 Å². The van der Waals surface area contributed by atoms with Crippen molar-refractivity contribution in [3.05, 3.63) is 100 Å². The number of hydrogen-bond acceptors (Lipinski definition) is 6. The number of H-pyrrole nitrogens is 1. The highest BCUT2D eigenvalue weighted by Gasteiger charge is 2.34. The SMILES string of the molecule is CCCC.CN=C(C)c1c(-c2ccccc2)[nH]n2c(=O)c([C@]3(C)C=CC(OC)=CC3)c(Nc3ccccn3)nc12. The van der Waals surface area contributed by atoms with Crippen molar-refractivity contribution < 1.29 is 4.74 Å². The Balaban J connectivity index is 0.000000867. The van der Waals surface area contributed by atoms with Gasteiger partial charge in [0.15, 0.2) is 5.65 Å². The summed E-state index contributed by atoms with van der Waals surface area (Å²) in [6, 6.07) is 15.5. The van der Waals surface area contributed by atoms with Gasteiger partial charge < -0.3 is 10.1 Å². The van der Waals surface area contributed by atoms with Gasteiger partial charge in [0.2, 0.25) is 0 Å². The number of hydrogen-bond donors (Lipinski definition) is 2. The molecule has 1 atom stereocenters. The van der Waals surface area contributed by atoms with Crippen molar-refractivity contribution >= 4 is 23.0 Å². The summed E-state index contributed by atoms with van der Waals surface area (Å²) in [6.45, 7) is 8.31. The second-order valence-corrected chi connectivity index (χ2v) is 9.94. The molecule has 8 nitrogen and oxygen atoms in total. The lowest BCUT2D eigenvalue weighted by molar-refractivity contribution is 0.300. The van der Waals surface area contributed by atoms with Crippen LogP contribution in [0.2, 0.25) is 0 Å². The minimum Gasteiger partial charge on any atom is -0.497 e. The number of nitrogens with one attached hydrogen (secondary N) is 2. The van der Waals surface area contributed by atoms with E-state index in [-0.39, 0.29) is 5.56 Å². The van der Waals surface area contributed by atoms with E-state index in [2.05, 4.69) is 34.2 Å². The van der Waals surface area contributed by atoms with E-state index >= 15 is 0 Å². The second-order valence-electron chi connectivity index (χ2n) is 9.94. The summed E-state index contributed by atoms with van der Waals surface area (Å²) in [4.78, 5) is 28.1. The van der Waals surface area contributed by atoms with Crippen LogP contribution in [0, 0.1) is 0 Å². The van der Waals surface area contributed by atoms with Crippen molar-refractivity contribution in [2.24, 2.45) is 4.99 Å². The number of anilines is 2. The molecule has 0 spiro atoms. The maximum atomic E-state index is 14.2. The van der Waals surface area contributed by atoms with Crippen LogP contribution in [0.3, 0.4) is 0 Å². The number of fused-ring (bicyclic) bond motifs is 1. The van der Waals surface area contributed by atoms with Gasteiger partial charge in [0.1, 0.15) is 17.4 Å². The van der Waals surface area contributed by atoms with Crippen molar-refractivity contribution in [1.29, 1.82) is 0 Å². The standard InChI is InChI=1S/C28H28N6O2.C4H10/c1-18(29-3)22-24(19-10-6-5-7-11-19)33-34-26(22)32-25(31-21-12-8-9-17-30-21)23(27(34)35)28(2)15-13-20(36-4)14-16-28;1-3-4-2/h5-15,17,33H,16H2,1-4H3,(H,30,31);3-4H2,1-2H3/t28-;/m1./s1. The highest BCUT2D eigenvalue weighted by atomic mass is 16.5. The van der Waals surface area contributed by atoms with Crippen LogP contribution in [-0.4, -0.2) is 39.5 Å². The van der Waals surface area contributed by atoms with Gasteiger partial charge in [0.05, 0.1) is 23.9 Å². The molecule has 0 saturated carbocycles. The Morgan fingerprint density at radius 2 is 1.88 bits per heavy atom. The number of allylic oxidation sites excluding steroid dienone is 3. The van der Waals surface area contributed by atoms with Crippen LogP contribution in [0.4, 0.5) is 11.6 Å². The first-order chi connectivity index (χ1) is 19.4. The van der Waals surface area contributed by atoms with E-state index in [0.717, 1.165) is 28.3 Å². The Kier molecular flexibility index (Phi) is 8.99. The van der Waals surface area contributed by atoms with Crippen molar-refractivity contribution in [2.75, 3.05) is 19.5 Å². The van der Waals surface area contributed by atoms with E-state index in [1.807, 2.05) is 80.6 Å². The molecule has 0 aliphatic heterocycles. The van der Waals surface area contributed by atoms with E-state index in [1.165, 1.54) is 17.4 Å². The minimum atomic E-state index is -0.615. The lowest BCUT2D eigenvalue weighted by Crippen LogP contribution is -2.33. The number of methoxy groups -OCH3 is 1. The fourth-order valence-corrected chi connectivity index (χ4v) is 4.55. The van der Waals surface area contributed by atoms with Gasteiger partial charge in [0, 0.05) is 29.9 Å². The van der Waals surface area contributed by atoms with Gasteiger partial charge in [-0.3, -0.25) is 14.9 Å². The maximum absolute atomic E-state index is 14.2. The predicted octanol–water partition coefficient (Wildman–Crippen LogP) is 6.82. The van der Waals surface area contributed by atoms with Gasteiger partial charge in [-0.1, -0.05) is 76.1 Å². The molecule has 0 saturated heterocycles. The topological polar surface area (TPSA) is 96.7 Å². The number of ether oxygens (including phenoxy) is 1. The van der Waals surface area contributed by atoms with Gasteiger partial charge in [-0.2, -0.15) is 4.52 Å². The molecule has 0 fully saturated rings. The smallest absolute Gasteiger partial charge is 0.278 e. The van der Waals surface area contributed by atoms with Crippen LogP contribution < -0.4 is 10.9 Å². The number of aliphatic imine (C=N–C) groups is 1. The van der Waals surface area contributed by atoms with Crippen molar-refractivity contribution in [3.8, 4) is 11.3 Å². The molecule has 0 unspecified atom stereocenters. The van der Waals surface area contributed by atoms with E-state index in [1.54, 1.807) is 20.4 Å².